The van der Waals surface area contributed by atoms with E-state index in [0.29, 0.717) is 12.0 Å². The molecule has 2 atom stereocenters. The molecule has 1 heterocycles. The second-order valence-electron chi connectivity index (χ2n) is 5.90. The molecule has 1 N–H and O–H groups in total. The van der Waals surface area contributed by atoms with Crippen molar-refractivity contribution in [1.82, 2.24) is 5.32 Å². The van der Waals surface area contributed by atoms with Crippen LogP contribution in [0.5, 0.6) is 0 Å². The minimum atomic E-state index is 0.517. The molecule has 1 saturated heterocycles. The van der Waals surface area contributed by atoms with Gasteiger partial charge in [-0.05, 0) is 44.0 Å². The first-order valence-electron chi connectivity index (χ1n) is 7.79. The van der Waals surface area contributed by atoms with Crippen LogP contribution in [-0.4, -0.2) is 39.4 Å². The van der Waals surface area contributed by atoms with Gasteiger partial charge in [0, 0.05) is 37.8 Å². The second-order valence-corrected chi connectivity index (χ2v) is 5.90. The van der Waals surface area contributed by atoms with Crippen LogP contribution in [0.1, 0.15) is 25.3 Å². The predicted molar refractivity (Wildman–Crippen MR) is 85.5 cm³/mol. The number of nitrogens with zero attached hydrogens (tertiary/aromatic N) is 1. The van der Waals surface area contributed by atoms with Gasteiger partial charge in [-0.15, -0.1) is 0 Å². The molecule has 1 aromatic carbocycles. The van der Waals surface area contributed by atoms with Crippen LogP contribution in [0.25, 0.3) is 0 Å². The van der Waals surface area contributed by atoms with Crippen LogP contribution in [0.4, 0.5) is 5.69 Å². The molecule has 20 heavy (non-hydrogen) atoms. The number of ether oxygens (including phenoxy) is 1. The molecular weight excluding hydrogens is 248 g/mol. The largest absolute Gasteiger partial charge is 0.381 e. The number of hydrogen-bond donors (Lipinski definition) is 1. The van der Waals surface area contributed by atoms with Gasteiger partial charge in [-0.25, -0.2) is 0 Å². The Kier molecular flexibility index (Phi) is 5.86. The first kappa shape index (κ1) is 15.3. The molecule has 1 aliphatic rings. The number of nitrogens with one attached hydrogen (secondary N) is 1. The van der Waals surface area contributed by atoms with Crippen LogP contribution in [0.15, 0.2) is 24.3 Å². The van der Waals surface area contributed by atoms with Gasteiger partial charge in [0.15, 0.2) is 0 Å². The van der Waals surface area contributed by atoms with E-state index in [2.05, 4.69) is 55.4 Å². The van der Waals surface area contributed by atoms with Crippen LogP contribution < -0.4 is 10.2 Å². The summed E-state index contributed by atoms with van der Waals surface area (Å²) in [5.41, 5.74) is 2.61. The molecule has 0 spiro atoms. The zero-order valence-electron chi connectivity index (χ0n) is 13.1. The highest BCUT2D eigenvalue weighted by Crippen LogP contribution is 2.20. The van der Waals surface area contributed by atoms with Gasteiger partial charge in [0.1, 0.15) is 0 Å². The predicted octanol–water partition coefficient (Wildman–Crippen LogP) is 2.84. The van der Waals surface area contributed by atoms with Crippen molar-refractivity contribution in [1.29, 1.82) is 0 Å². The highest BCUT2D eigenvalue weighted by molar-refractivity contribution is 5.47. The Morgan fingerprint density at radius 1 is 1.45 bits per heavy atom. The zero-order chi connectivity index (χ0) is 14.4. The molecule has 2 rings (SSSR count). The molecule has 0 radical (unpaired) electrons. The average molecular weight is 276 g/mol. The van der Waals surface area contributed by atoms with Crippen LogP contribution in [0.2, 0.25) is 0 Å². The highest BCUT2D eigenvalue weighted by Gasteiger charge is 2.26. The molecule has 3 nitrogen and oxygen atoms in total. The van der Waals surface area contributed by atoms with Crippen molar-refractivity contribution < 1.29 is 4.74 Å². The third-order valence-electron chi connectivity index (χ3n) is 4.10. The first-order valence-corrected chi connectivity index (χ1v) is 7.79. The van der Waals surface area contributed by atoms with Gasteiger partial charge >= 0.3 is 0 Å². The van der Waals surface area contributed by atoms with Crippen molar-refractivity contribution in [3.63, 3.8) is 0 Å². The number of anilines is 1. The molecule has 2 unspecified atom stereocenters. The Labute approximate surface area is 123 Å². The highest BCUT2D eigenvalue weighted by atomic mass is 16.5. The fraction of sp³-hybridized carbons (Fsp3) is 0.647. The summed E-state index contributed by atoms with van der Waals surface area (Å²) in [6.45, 7) is 8.32. The average Bonchev–Trinajstić information content (AvgIpc) is 2.97. The molecule has 1 aromatic rings. The molecule has 0 saturated carbocycles. The van der Waals surface area contributed by atoms with Gasteiger partial charge in [-0.2, -0.15) is 0 Å². The Morgan fingerprint density at radius 2 is 2.30 bits per heavy atom. The lowest BCUT2D eigenvalue weighted by Crippen LogP contribution is -2.45. The van der Waals surface area contributed by atoms with Crippen LogP contribution in [-0.2, 0) is 4.74 Å². The summed E-state index contributed by atoms with van der Waals surface area (Å²) in [7, 11) is 2.19. The van der Waals surface area contributed by atoms with Crippen LogP contribution in [0, 0.1) is 12.8 Å². The third kappa shape index (κ3) is 4.22. The maximum atomic E-state index is 5.57. The summed E-state index contributed by atoms with van der Waals surface area (Å²) in [6.07, 6.45) is 2.36. The number of aryl methyl sites for hydroxylation is 1. The number of hydrogen-bond acceptors (Lipinski definition) is 3. The Balaban J connectivity index is 1.98. The minimum Gasteiger partial charge on any atom is -0.381 e. The topological polar surface area (TPSA) is 24.5 Å². The molecule has 3 heteroatoms. The summed E-state index contributed by atoms with van der Waals surface area (Å²) in [5.74, 6) is 0.647. The van der Waals surface area contributed by atoms with Gasteiger partial charge < -0.3 is 15.0 Å². The fourth-order valence-electron chi connectivity index (χ4n) is 2.85. The summed E-state index contributed by atoms with van der Waals surface area (Å²) in [6, 6.07) is 9.24. The zero-order valence-corrected chi connectivity index (χ0v) is 13.1. The van der Waals surface area contributed by atoms with Crippen LogP contribution >= 0.6 is 0 Å². The van der Waals surface area contributed by atoms with E-state index in [9.17, 15) is 0 Å². The monoisotopic (exact) mass is 276 g/mol. The van der Waals surface area contributed by atoms with E-state index < -0.39 is 0 Å². The van der Waals surface area contributed by atoms with E-state index in [1.165, 1.54) is 24.1 Å². The van der Waals surface area contributed by atoms with Crippen molar-refractivity contribution in [3.05, 3.63) is 29.8 Å². The lowest BCUT2D eigenvalue weighted by atomic mass is 9.98. The molecule has 112 valence electrons. The minimum absolute atomic E-state index is 0.517. The first-order chi connectivity index (χ1) is 9.70. The molecule has 0 aliphatic carbocycles. The smallest absolute Gasteiger partial charge is 0.0510 e. The van der Waals surface area contributed by atoms with Gasteiger partial charge in [-0.3, -0.25) is 0 Å². The lowest BCUT2D eigenvalue weighted by Gasteiger charge is -2.30. The maximum absolute atomic E-state index is 5.57. The Hall–Kier alpha value is -1.06. The van der Waals surface area contributed by atoms with Crippen molar-refractivity contribution in [2.45, 2.75) is 32.7 Å². The quantitative estimate of drug-likeness (QED) is 0.829. The molecular formula is C17H28N2O. The standard InChI is InChI=1S/C17H28N2O/c1-4-9-18-17(15-8-10-20-13-15)12-19(3)16-7-5-6-14(2)11-16/h5-7,11,15,17-18H,4,8-10,12-13H2,1-3H3. The van der Waals surface area contributed by atoms with E-state index >= 15 is 0 Å². The number of rotatable bonds is 7. The van der Waals surface area contributed by atoms with Crippen molar-refractivity contribution in [2.75, 3.05) is 38.3 Å². The van der Waals surface area contributed by atoms with E-state index in [4.69, 9.17) is 4.74 Å². The molecule has 0 amide bonds. The third-order valence-corrected chi connectivity index (χ3v) is 4.10. The van der Waals surface area contributed by atoms with Crippen molar-refractivity contribution in [2.24, 2.45) is 5.92 Å². The van der Waals surface area contributed by atoms with E-state index in [1.807, 2.05) is 0 Å². The Bertz CT molecular complexity index is 402. The summed E-state index contributed by atoms with van der Waals surface area (Å²) in [4.78, 5) is 2.36. The van der Waals surface area contributed by atoms with Gasteiger partial charge in [-0.1, -0.05) is 19.1 Å². The normalized spacial score (nSPS) is 20.1. The van der Waals surface area contributed by atoms with Gasteiger partial charge in [0.05, 0.1) is 6.61 Å². The maximum Gasteiger partial charge on any atom is 0.0510 e. The number of benzene rings is 1. The summed E-state index contributed by atoms with van der Waals surface area (Å²) < 4.78 is 5.57. The molecule has 1 fully saturated rings. The molecule has 0 bridgehead atoms. The fourth-order valence-corrected chi connectivity index (χ4v) is 2.85. The lowest BCUT2D eigenvalue weighted by molar-refractivity contribution is 0.177. The van der Waals surface area contributed by atoms with Crippen molar-refractivity contribution in [3.8, 4) is 0 Å². The van der Waals surface area contributed by atoms with Gasteiger partial charge in [0.25, 0.3) is 0 Å². The van der Waals surface area contributed by atoms with E-state index in [0.717, 1.165) is 26.3 Å². The van der Waals surface area contributed by atoms with Crippen LogP contribution in [0.3, 0.4) is 0 Å². The molecule has 1 aliphatic heterocycles. The van der Waals surface area contributed by atoms with E-state index in [1.54, 1.807) is 0 Å². The molecule has 0 aromatic heterocycles. The van der Waals surface area contributed by atoms with E-state index in [-0.39, 0.29) is 0 Å². The van der Waals surface area contributed by atoms with Gasteiger partial charge in [0.2, 0.25) is 0 Å². The Morgan fingerprint density at radius 3 is 2.95 bits per heavy atom. The number of likely N-dealkylation sites (N-methyl/N-ethyl adjacent to an activating group) is 1. The second kappa shape index (κ2) is 7.65. The SMILES string of the molecule is CCCNC(CN(C)c1cccc(C)c1)C1CCOC1. The summed E-state index contributed by atoms with van der Waals surface area (Å²) in [5, 5.41) is 3.70. The van der Waals surface area contributed by atoms with Crippen molar-refractivity contribution >= 4 is 5.69 Å². The summed E-state index contributed by atoms with van der Waals surface area (Å²) >= 11 is 0.